The molecule has 1 aliphatic carbocycles. The zero-order valence-corrected chi connectivity index (χ0v) is 11.4. The second-order valence-electron chi connectivity index (χ2n) is 5.24. The van der Waals surface area contributed by atoms with Crippen LogP contribution in [0.3, 0.4) is 0 Å². The van der Waals surface area contributed by atoms with E-state index in [0.717, 1.165) is 37.2 Å². The van der Waals surface area contributed by atoms with Crippen molar-refractivity contribution in [3.63, 3.8) is 0 Å². The van der Waals surface area contributed by atoms with Gasteiger partial charge in [-0.1, -0.05) is 0 Å². The van der Waals surface area contributed by atoms with Gasteiger partial charge in [0, 0.05) is 19.1 Å². The van der Waals surface area contributed by atoms with Gasteiger partial charge in [0.1, 0.15) is 10.6 Å². The van der Waals surface area contributed by atoms with E-state index in [1.54, 1.807) is 0 Å². The number of amides is 1. The van der Waals surface area contributed by atoms with Gasteiger partial charge in [0.15, 0.2) is 5.82 Å². The van der Waals surface area contributed by atoms with Crippen molar-refractivity contribution in [3.05, 3.63) is 5.56 Å². The summed E-state index contributed by atoms with van der Waals surface area (Å²) >= 11 is 1.24. The lowest BCUT2D eigenvalue weighted by atomic mass is 10.1. The number of anilines is 2. The predicted molar refractivity (Wildman–Crippen MR) is 74.5 cm³/mol. The van der Waals surface area contributed by atoms with Crippen molar-refractivity contribution in [3.8, 4) is 0 Å². The van der Waals surface area contributed by atoms with Crippen LogP contribution in [0.25, 0.3) is 0 Å². The monoisotopic (exact) mass is 282 g/mol. The summed E-state index contributed by atoms with van der Waals surface area (Å²) in [6, 6.07) is 0.298. The molecule has 2 aliphatic rings. The van der Waals surface area contributed by atoms with Gasteiger partial charge < -0.3 is 21.1 Å². The Morgan fingerprint density at radius 2 is 2.26 bits per heavy atom. The second kappa shape index (κ2) is 4.97. The van der Waals surface area contributed by atoms with Gasteiger partial charge in [0.25, 0.3) is 5.91 Å². The maximum atomic E-state index is 12.2. The van der Waals surface area contributed by atoms with E-state index in [4.69, 9.17) is 5.73 Å². The van der Waals surface area contributed by atoms with Crippen LogP contribution in [-0.4, -0.2) is 40.6 Å². The van der Waals surface area contributed by atoms with Crippen LogP contribution in [0.4, 0.5) is 10.8 Å². The molecule has 0 radical (unpaired) electrons. The molecule has 1 saturated heterocycles. The summed E-state index contributed by atoms with van der Waals surface area (Å²) in [6.07, 6.45) is 3.48. The van der Waals surface area contributed by atoms with Crippen molar-refractivity contribution in [2.45, 2.75) is 37.8 Å². The zero-order chi connectivity index (χ0) is 13.4. The normalized spacial score (nSPS) is 23.4. The Balaban J connectivity index is 1.82. The third-order valence-electron chi connectivity index (χ3n) is 3.52. The number of piperidine rings is 1. The summed E-state index contributed by atoms with van der Waals surface area (Å²) in [5.74, 6) is 0.155. The number of nitrogen functional groups attached to an aromatic ring is 1. The number of aromatic nitrogens is 1. The molecule has 3 rings (SSSR count). The molecule has 7 heteroatoms. The maximum Gasteiger partial charge on any atom is 0.258 e. The molecule has 0 bridgehead atoms. The van der Waals surface area contributed by atoms with Crippen LogP contribution < -0.4 is 16.0 Å². The van der Waals surface area contributed by atoms with E-state index in [9.17, 15) is 9.90 Å². The molecule has 1 amide bonds. The molecule has 0 aromatic carbocycles. The third-order valence-corrected chi connectivity index (χ3v) is 4.45. The first kappa shape index (κ1) is 12.7. The lowest BCUT2D eigenvalue weighted by molar-refractivity contribution is 0.0952. The first-order chi connectivity index (χ1) is 9.15. The smallest absolute Gasteiger partial charge is 0.258 e. The molecule has 6 nitrogen and oxygen atoms in total. The molecular weight excluding hydrogens is 264 g/mol. The SMILES string of the molecule is Nc1nsc(N2CCCC(O)C2)c1C(=O)NC1CC1. The summed E-state index contributed by atoms with van der Waals surface area (Å²) in [5, 5.41) is 13.5. The number of nitrogens with one attached hydrogen (secondary N) is 1. The number of aliphatic hydroxyl groups excluding tert-OH is 1. The average molecular weight is 282 g/mol. The van der Waals surface area contributed by atoms with E-state index in [-0.39, 0.29) is 12.0 Å². The Labute approximate surface area is 115 Å². The highest BCUT2D eigenvalue weighted by atomic mass is 32.1. The molecule has 19 heavy (non-hydrogen) atoms. The molecule has 1 aliphatic heterocycles. The quantitative estimate of drug-likeness (QED) is 0.754. The topological polar surface area (TPSA) is 91.5 Å². The van der Waals surface area contributed by atoms with Crippen molar-refractivity contribution in [2.75, 3.05) is 23.7 Å². The summed E-state index contributed by atoms with van der Waals surface area (Å²) in [4.78, 5) is 14.2. The number of aliphatic hydroxyl groups is 1. The minimum atomic E-state index is -0.337. The number of hydrogen-bond donors (Lipinski definition) is 3. The standard InChI is InChI=1S/C12H18N4O2S/c13-10-9(11(18)14-7-3-4-7)12(19-15-10)16-5-1-2-8(17)6-16/h7-8,17H,1-6H2,(H2,13,15)(H,14,18). The molecule has 1 unspecified atom stereocenters. The fourth-order valence-electron chi connectivity index (χ4n) is 2.35. The third kappa shape index (κ3) is 2.66. The van der Waals surface area contributed by atoms with Crippen LogP contribution in [-0.2, 0) is 0 Å². The highest BCUT2D eigenvalue weighted by molar-refractivity contribution is 7.11. The molecule has 2 fully saturated rings. The first-order valence-electron chi connectivity index (χ1n) is 6.64. The molecule has 1 saturated carbocycles. The molecule has 1 aromatic heterocycles. The van der Waals surface area contributed by atoms with E-state index in [0.29, 0.717) is 24.0 Å². The predicted octanol–water partition coefficient (Wildman–Crippen LogP) is 0.579. The van der Waals surface area contributed by atoms with Crippen LogP contribution in [0.15, 0.2) is 0 Å². The van der Waals surface area contributed by atoms with E-state index in [1.165, 1.54) is 11.5 Å². The van der Waals surface area contributed by atoms with Crippen molar-refractivity contribution in [2.24, 2.45) is 0 Å². The molecule has 1 atom stereocenters. The highest BCUT2D eigenvalue weighted by Gasteiger charge is 2.30. The van der Waals surface area contributed by atoms with Crippen molar-refractivity contribution < 1.29 is 9.90 Å². The Hall–Kier alpha value is -1.34. The van der Waals surface area contributed by atoms with Crippen molar-refractivity contribution in [1.82, 2.24) is 9.69 Å². The van der Waals surface area contributed by atoms with Crippen LogP contribution >= 0.6 is 11.5 Å². The summed E-state index contributed by atoms with van der Waals surface area (Å²) in [6.45, 7) is 1.38. The Morgan fingerprint density at radius 1 is 1.47 bits per heavy atom. The van der Waals surface area contributed by atoms with Crippen LogP contribution in [0, 0.1) is 0 Å². The average Bonchev–Trinajstić information content (AvgIpc) is 3.09. The van der Waals surface area contributed by atoms with Crippen LogP contribution in [0.5, 0.6) is 0 Å². The van der Waals surface area contributed by atoms with Crippen molar-refractivity contribution in [1.29, 1.82) is 0 Å². The Bertz CT molecular complexity index is 486. The molecule has 2 heterocycles. The van der Waals surface area contributed by atoms with Gasteiger partial charge in [-0.15, -0.1) is 0 Å². The largest absolute Gasteiger partial charge is 0.391 e. The van der Waals surface area contributed by atoms with Gasteiger partial charge in [-0.3, -0.25) is 4.79 Å². The minimum Gasteiger partial charge on any atom is -0.391 e. The van der Waals surface area contributed by atoms with E-state index in [2.05, 4.69) is 9.69 Å². The van der Waals surface area contributed by atoms with Gasteiger partial charge in [-0.2, -0.15) is 4.37 Å². The van der Waals surface area contributed by atoms with Crippen LogP contribution in [0.1, 0.15) is 36.0 Å². The first-order valence-corrected chi connectivity index (χ1v) is 7.41. The second-order valence-corrected chi connectivity index (χ2v) is 5.99. The fourth-order valence-corrected chi connectivity index (χ4v) is 3.19. The van der Waals surface area contributed by atoms with E-state index >= 15 is 0 Å². The van der Waals surface area contributed by atoms with E-state index in [1.807, 2.05) is 4.90 Å². The minimum absolute atomic E-state index is 0.135. The number of nitrogens with two attached hydrogens (primary N) is 1. The number of carbonyl (C=O) groups is 1. The Morgan fingerprint density at radius 3 is 2.95 bits per heavy atom. The summed E-state index contributed by atoms with van der Waals surface area (Å²) in [7, 11) is 0. The number of carbonyl (C=O) groups excluding carboxylic acids is 1. The molecule has 1 aromatic rings. The lowest BCUT2D eigenvalue weighted by Crippen LogP contribution is -2.39. The molecular formula is C12H18N4O2S. The van der Waals surface area contributed by atoms with Crippen LogP contribution in [0.2, 0.25) is 0 Å². The zero-order valence-electron chi connectivity index (χ0n) is 10.6. The van der Waals surface area contributed by atoms with Gasteiger partial charge in [-0.05, 0) is 37.2 Å². The molecule has 104 valence electrons. The van der Waals surface area contributed by atoms with Gasteiger partial charge >= 0.3 is 0 Å². The maximum absolute atomic E-state index is 12.2. The number of rotatable bonds is 3. The summed E-state index contributed by atoms with van der Waals surface area (Å²) < 4.78 is 4.10. The summed E-state index contributed by atoms with van der Waals surface area (Å²) in [5.41, 5.74) is 6.31. The highest BCUT2D eigenvalue weighted by Crippen LogP contribution is 2.33. The number of hydrogen-bond acceptors (Lipinski definition) is 6. The van der Waals surface area contributed by atoms with Gasteiger partial charge in [0.2, 0.25) is 0 Å². The van der Waals surface area contributed by atoms with Crippen molar-refractivity contribution >= 4 is 28.3 Å². The number of nitrogens with zero attached hydrogens (tertiary/aromatic N) is 2. The van der Waals surface area contributed by atoms with Gasteiger partial charge in [-0.25, -0.2) is 0 Å². The number of β-amino-alcohol motifs (C(OH)–C–C–N with tert-alkyl or cyclic N) is 1. The lowest BCUT2D eigenvalue weighted by Gasteiger charge is -2.31. The fraction of sp³-hybridized carbons (Fsp3) is 0.667. The van der Waals surface area contributed by atoms with Gasteiger partial charge in [0.05, 0.1) is 6.10 Å². The molecule has 4 N–H and O–H groups in total. The molecule has 0 spiro atoms. The van der Waals surface area contributed by atoms with E-state index < -0.39 is 0 Å². The Kier molecular flexibility index (Phi) is 3.32.